The summed E-state index contributed by atoms with van der Waals surface area (Å²) in [7, 11) is 1.74. The molecule has 0 aliphatic heterocycles. The zero-order valence-corrected chi connectivity index (χ0v) is 13.0. The van der Waals surface area contributed by atoms with Crippen molar-refractivity contribution < 1.29 is 4.74 Å². The van der Waals surface area contributed by atoms with E-state index in [1.165, 1.54) is 5.56 Å². The first-order valence-corrected chi connectivity index (χ1v) is 7.07. The Bertz CT molecular complexity index is 579. The van der Waals surface area contributed by atoms with Gasteiger partial charge in [0.15, 0.2) is 5.65 Å². The van der Waals surface area contributed by atoms with Crippen molar-refractivity contribution >= 4 is 5.65 Å². The molecule has 0 saturated heterocycles. The van der Waals surface area contributed by atoms with Gasteiger partial charge in [0.05, 0.1) is 5.69 Å². The number of aryl methyl sites for hydroxylation is 2. The Morgan fingerprint density at radius 2 is 2.10 bits per heavy atom. The molecule has 0 bridgehead atoms. The molecule has 2 atom stereocenters. The van der Waals surface area contributed by atoms with Crippen LogP contribution in [0.1, 0.15) is 36.8 Å². The van der Waals surface area contributed by atoms with Crippen molar-refractivity contribution in [3.63, 3.8) is 0 Å². The Morgan fingerprint density at radius 3 is 2.80 bits per heavy atom. The molecule has 20 heavy (non-hydrogen) atoms. The van der Waals surface area contributed by atoms with Crippen molar-refractivity contribution in [3.8, 4) is 0 Å². The van der Waals surface area contributed by atoms with E-state index in [0.717, 1.165) is 30.2 Å². The van der Waals surface area contributed by atoms with Gasteiger partial charge in [0.1, 0.15) is 0 Å². The first-order valence-electron chi connectivity index (χ1n) is 7.07. The van der Waals surface area contributed by atoms with Crippen LogP contribution in [-0.4, -0.2) is 34.9 Å². The second-order valence-corrected chi connectivity index (χ2v) is 5.55. The minimum atomic E-state index is 0.246. The van der Waals surface area contributed by atoms with E-state index < -0.39 is 0 Å². The monoisotopic (exact) mass is 276 g/mol. The summed E-state index contributed by atoms with van der Waals surface area (Å²) < 4.78 is 7.08. The highest BCUT2D eigenvalue weighted by Gasteiger charge is 2.13. The highest BCUT2D eigenvalue weighted by atomic mass is 16.5. The number of hydrogen-bond donors (Lipinski definition) is 1. The average molecular weight is 276 g/mol. The number of aromatic nitrogens is 3. The van der Waals surface area contributed by atoms with E-state index >= 15 is 0 Å². The number of ether oxygens (including phenoxy) is 1. The number of hydrogen-bond acceptors (Lipinski definition) is 4. The summed E-state index contributed by atoms with van der Waals surface area (Å²) in [6, 6.07) is 2.24. The molecule has 5 heteroatoms. The minimum absolute atomic E-state index is 0.246. The van der Waals surface area contributed by atoms with Gasteiger partial charge in [0, 0.05) is 49.8 Å². The molecule has 0 aliphatic rings. The molecular weight excluding hydrogens is 252 g/mol. The molecule has 2 aromatic heterocycles. The van der Waals surface area contributed by atoms with Gasteiger partial charge in [-0.2, -0.15) is 5.10 Å². The molecule has 0 fully saturated rings. The topological polar surface area (TPSA) is 51.5 Å². The van der Waals surface area contributed by atoms with Gasteiger partial charge in [0.25, 0.3) is 0 Å². The summed E-state index contributed by atoms with van der Waals surface area (Å²) in [5.41, 5.74) is 4.23. The fraction of sp³-hybridized carbons (Fsp3) is 0.600. The lowest BCUT2D eigenvalue weighted by molar-refractivity contribution is 0.157. The standard InChI is InChI=1S/C15H24N4O/c1-10(9-20-5)7-16-12(3)14-8-17-15-6-11(2)18-19(15)13(14)4/h6,8,10,12,16H,7,9H2,1-5H3. The van der Waals surface area contributed by atoms with Crippen LogP contribution in [0.15, 0.2) is 12.3 Å². The zero-order chi connectivity index (χ0) is 14.7. The number of methoxy groups -OCH3 is 1. The molecule has 0 saturated carbocycles. The first-order chi connectivity index (χ1) is 9.52. The second-order valence-electron chi connectivity index (χ2n) is 5.55. The smallest absolute Gasteiger partial charge is 0.155 e. The molecule has 2 heterocycles. The van der Waals surface area contributed by atoms with Crippen molar-refractivity contribution in [2.45, 2.75) is 33.7 Å². The van der Waals surface area contributed by atoms with E-state index in [-0.39, 0.29) is 6.04 Å². The first kappa shape index (κ1) is 14.9. The maximum absolute atomic E-state index is 5.16. The minimum Gasteiger partial charge on any atom is -0.384 e. The second kappa shape index (κ2) is 6.33. The lowest BCUT2D eigenvalue weighted by Crippen LogP contribution is -2.27. The molecule has 2 rings (SSSR count). The quantitative estimate of drug-likeness (QED) is 0.879. The molecule has 0 aromatic carbocycles. The van der Waals surface area contributed by atoms with Gasteiger partial charge in [-0.15, -0.1) is 0 Å². The third-order valence-corrected chi connectivity index (χ3v) is 3.57. The molecule has 0 aliphatic carbocycles. The molecule has 5 nitrogen and oxygen atoms in total. The molecular formula is C15H24N4O. The highest BCUT2D eigenvalue weighted by molar-refractivity contribution is 5.42. The molecule has 0 spiro atoms. The van der Waals surface area contributed by atoms with Crippen molar-refractivity contribution in [3.05, 3.63) is 29.2 Å². The van der Waals surface area contributed by atoms with Gasteiger partial charge in [-0.1, -0.05) is 6.92 Å². The third-order valence-electron chi connectivity index (χ3n) is 3.57. The highest BCUT2D eigenvalue weighted by Crippen LogP contribution is 2.18. The van der Waals surface area contributed by atoms with Crippen molar-refractivity contribution in [2.24, 2.45) is 5.92 Å². The van der Waals surface area contributed by atoms with Gasteiger partial charge in [-0.25, -0.2) is 9.50 Å². The van der Waals surface area contributed by atoms with Crippen LogP contribution < -0.4 is 5.32 Å². The lowest BCUT2D eigenvalue weighted by atomic mass is 10.1. The zero-order valence-electron chi connectivity index (χ0n) is 13.0. The van der Waals surface area contributed by atoms with Gasteiger partial charge in [-0.05, 0) is 26.7 Å². The SMILES string of the molecule is COCC(C)CNC(C)c1cnc2cc(C)nn2c1C. The van der Waals surface area contributed by atoms with E-state index in [2.05, 4.69) is 36.2 Å². The van der Waals surface area contributed by atoms with E-state index in [1.807, 2.05) is 23.7 Å². The predicted molar refractivity (Wildman–Crippen MR) is 79.9 cm³/mol. The van der Waals surface area contributed by atoms with E-state index in [0.29, 0.717) is 5.92 Å². The van der Waals surface area contributed by atoms with Gasteiger partial charge in [-0.3, -0.25) is 0 Å². The number of nitrogens with zero attached hydrogens (tertiary/aromatic N) is 3. The Morgan fingerprint density at radius 1 is 1.35 bits per heavy atom. The predicted octanol–water partition coefficient (Wildman–Crippen LogP) is 2.28. The van der Waals surface area contributed by atoms with Crippen LogP contribution in [-0.2, 0) is 4.74 Å². The van der Waals surface area contributed by atoms with Crippen LogP contribution in [0.3, 0.4) is 0 Å². The fourth-order valence-electron chi connectivity index (χ4n) is 2.43. The van der Waals surface area contributed by atoms with E-state index in [9.17, 15) is 0 Å². The van der Waals surface area contributed by atoms with Crippen molar-refractivity contribution in [2.75, 3.05) is 20.3 Å². The third kappa shape index (κ3) is 3.16. The molecule has 0 amide bonds. The van der Waals surface area contributed by atoms with Crippen molar-refractivity contribution in [1.82, 2.24) is 19.9 Å². The molecule has 110 valence electrons. The van der Waals surface area contributed by atoms with E-state index in [1.54, 1.807) is 7.11 Å². The summed E-state index contributed by atoms with van der Waals surface area (Å²) >= 11 is 0. The van der Waals surface area contributed by atoms with Gasteiger partial charge in [0.2, 0.25) is 0 Å². The number of fused-ring (bicyclic) bond motifs is 1. The van der Waals surface area contributed by atoms with Crippen molar-refractivity contribution in [1.29, 1.82) is 0 Å². The summed E-state index contributed by atoms with van der Waals surface area (Å²) in [5, 5.41) is 8.02. The Hall–Kier alpha value is -1.46. The number of nitrogens with one attached hydrogen (secondary N) is 1. The fourth-order valence-corrected chi connectivity index (χ4v) is 2.43. The van der Waals surface area contributed by atoms with Crippen LogP contribution in [0.2, 0.25) is 0 Å². The van der Waals surface area contributed by atoms with Crippen LogP contribution in [0.4, 0.5) is 0 Å². The van der Waals surface area contributed by atoms with Gasteiger partial charge >= 0.3 is 0 Å². The Kier molecular flexibility index (Phi) is 4.73. The molecule has 0 radical (unpaired) electrons. The van der Waals surface area contributed by atoms with E-state index in [4.69, 9.17) is 4.74 Å². The van der Waals surface area contributed by atoms with Crippen LogP contribution in [0.5, 0.6) is 0 Å². The van der Waals surface area contributed by atoms with Crippen LogP contribution >= 0.6 is 0 Å². The Labute approximate surface area is 120 Å². The summed E-state index contributed by atoms with van der Waals surface area (Å²) in [4.78, 5) is 4.48. The maximum atomic E-state index is 5.16. The normalized spacial score (nSPS) is 14.7. The van der Waals surface area contributed by atoms with Crippen LogP contribution in [0, 0.1) is 19.8 Å². The largest absolute Gasteiger partial charge is 0.384 e. The molecule has 1 N–H and O–H groups in total. The lowest BCUT2D eigenvalue weighted by Gasteiger charge is -2.19. The summed E-state index contributed by atoms with van der Waals surface area (Å²) in [6.45, 7) is 10.1. The van der Waals surface area contributed by atoms with Crippen LogP contribution in [0.25, 0.3) is 5.65 Å². The molecule has 2 aromatic rings. The number of rotatable bonds is 6. The Balaban J connectivity index is 2.13. The average Bonchev–Trinajstić information content (AvgIpc) is 2.78. The maximum Gasteiger partial charge on any atom is 0.155 e. The summed E-state index contributed by atoms with van der Waals surface area (Å²) in [6.07, 6.45) is 1.95. The summed E-state index contributed by atoms with van der Waals surface area (Å²) in [5.74, 6) is 0.492. The molecule has 2 unspecified atom stereocenters. The van der Waals surface area contributed by atoms with Gasteiger partial charge < -0.3 is 10.1 Å².